The van der Waals surface area contributed by atoms with E-state index < -0.39 is 0 Å². The van der Waals surface area contributed by atoms with Crippen LogP contribution in [0.25, 0.3) is 21.5 Å². The molecule has 1 N–H and O–H groups in total. The van der Waals surface area contributed by atoms with Crippen molar-refractivity contribution in [2.24, 2.45) is 0 Å². The van der Waals surface area contributed by atoms with Crippen LogP contribution >= 0.6 is 23.1 Å². The quantitative estimate of drug-likeness (QED) is 0.371. The Labute approximate surface area is 179 Å². The van der Waals surface area contributed by atoms with Gasteiger partial charge < -0.3 is 13.8 Å². The molecule has 1 aromatic carbocycles. The minimum atomic E-state index is -0.189. The van der Waals surface area contributed by atoms with Gasteiger partial charge in [-0.2, -0.15) is 0 Å². The van der Waals surface area contributed by atoms with Gasteiger partial charge in [-0.3, -0.25) is 4.79 Å². The molecule has 5 aromatic rings. The third-order valence-corrected chi connectivity index (χ3v) is 6.37. The van der Waals surface area contributed by atoms with Gasteiger partial charge in [0, 0.05) is 10.9 Å². The fourth-order valence-corrected chi connectivity index (χ4v) is 4.80. The maximum Gasteiger partial charge on any atom is 0.277 e. The van der Waals surface area contributed by atoms with E-state index in [9.17, 15) is 4.79 Å². The Kier molecular flexibility index (Phi) is 4.97. The number of hydrogen-bond acceptors (Lipinski definition) is 8. The standard InChI is InChI=1S/C21H16N4O3S2/c1-12(30-21-25-24-16(28-21)10-13-6-3-2-4-7-13)18-22-19(26)17-14(11-29-20(17)23-18)15-8-5-9-27-15/h2-9,11-12H,10H2,1H3,(H,22,23,26)/t12-/m1/s1. The normalized spacial score (nSPS) is 12.4. The van der Waals surface area contributed by atoms with Crippen LogP contribution < -0.4 is 5.56 Å². The molecule has 0 spiro atoms. The Morgan fingerprint density at radius 1 is 1.17 bits per heavy atom. The number of fused-ring (bicyclic) bond motifs is 1. The number of H-pyrrole nitrogens is 1. The zero-order valence-corrected chi connectivity index (χ0v) is 17.5. The van der Waals surface area contributed by atoms with E-state index in [-0.39, 0.29) is 10.8 Å². The molecule has 7 nitrogen and oxygen atoms in total. The highest BCUT2D eigenvalue weighted by molar-refractivity contribution is 7.99. The van der Waals surface area contributed by atoms with Gasteiger partial charge in [-0.25, -0.2) is 4.98 Å². The van der Waals surface area contributed by atoms with Gasteiger partial charge in [0.15, 0.2) is 0 Å². The van der Waals surface area contributed by atoms with E-state index in [4.69, 9.17) is 8.83 Å². The molecule has 0 aliphatic carbocycles. The largest absolute Gasteiger partial charge is 0.464 e. The van der Waals surface area contributed by atoms with E-state index >= 15 is 0 Å². The molecule has 0 unspecified atom stereocenters. The number of thiophene rings is 1. The lowest BCUT2D eigenvalue weighted by molar-refractivity contribution is 0.419. The summed E-state index contributed by atoms with van der Waals surface area (Å²) in [6.07, 6.45) is 2.17. The maximum absolute atomic E-state index is 12.7. The van der Waals surface area contributed by atoms with E-state index in [0.29, 0.717) is 39.3 Å². The average molecular weight is 437 g/mol. The first-order chi connectivity index (χ1) is 14.7. The molecule has 0 aliphatic heterocycles. The topological polar surface area (TPSA) is 97.8 Å². The first-order valence-electron chi connectivity index (χ1n) is 9.25. The number of thioether (sulfide) groups is 1. The van der Waals surface area contributed by atoms with Gasteiger partial charge in [0.25, 0.3) is 10.8 Å². The van der Waals surface area contributed by atoms with E-state index in [0.717, 1.165) is 11.1 Å². The first-order valence-corrected chi connectivity index (χ1v) is 11.0. The molecule has 0 aliphatic rings. The zero-order valence-electron chi connectivity index (χ0n) is 15.9. The van der Waals surface area contributed by atoms with Crippen LogP contribution in [-0.4, -0.2) is 20.2 Å². The number of rotatable bonds is 6. The molecule has 0 saturated heterocycles. The summed E-state index contributed by atoms with van der Waals surface area (Å²) in [6.45, 7) is 1.94. The van der Waals surface area contributed by atoms with Gasteiger partial charge in [-0.1, -0.05) is 42.1 Å². The summed E-state index contributed by atoms with van der Waals surface area (Å²) in [7, 11) is 0. The van der Waals surface area contributed by atoms with Gasteiger partial charge >= 0.3 is 0 Å². The fourth-order valence-electron chi connectivity index (χ4n) is 3.11. The lowest BCUT2D eigenvalue weighted by Crippen LogP contribution is -2.12. The smallest absolute Gasteiger partial charge is 0.277 e. The van der Waals surface area contributed by atoms with Crippen LogP contribution in [0.15, 0.2) is 73.0 Å². The molecule has 4 heterocycles. The number of hydrogen-bond donors (Lipinski definition) is 1. The van der Waals surface area contributed by atoms with Gasteiger partial charge in [0.2, 0.25) is 5.89 Å². The van der Waals surface area contributed by atoms with Crippen LogP contribution in [0.1, 0.15) is 29.5 Å². The number of nitrogens with zero attached hydrogens (tertiary/aromatic N) is 3. The van der Waals surface area contributed by atoms with Crippen molar-refractivity contribution in [2.75, 3.05) is 0 Å². The van der Waals surface area contributed by atoms with Crippen molar-refractivity contribution in [3.8, 4) is 11.3 Å². The minimum absolute atomic E-state index is 0.165. The van der Waals surface area contributed by atoms with Crippen LogP contribution in [0.5, 0.6) is 0 Å². The van der Waals surface area contributed by atoms with E-state index in [1.165, 1.54) is 23.1 Å². The van der Waals surface area contributed by atoms with Crippen molar-refractivity contribution in [1.82, 2.24) is 20.2 Å². The first kappa shape index (κ1) is 18.8. The molecule has 0 saturated carbocycles. The van der Waals surface area contributed by atoms with Crippen LogP contribution in [0, 0.1) is 0 Å². The van der Waals surface area contributed by atoms with Crippen LogP contribution in [0.3, 0.4) is 0 Å². The number of benzene rings is 1. The molecular weight excluding hydrogens is 420 g/mol. The molecular formula is C21H16N4O3S2. The number of aromatic nitrogens is 4. The van der Waals surface area contributed by atoms with Gasteiger partial charge in [-0.05, 0) is 24.6 Å². The van der Waals surface area contributed by atoms with Crippen molar-refractivity contribution in [1.29, 1.82) is 0 Å². The summed E-state index contributed by atoms with van der Waals surface area (Å²) >= 11 is 2.78. The van der Waals surface area contributed by atoms with Crippen molar-refractivity contribution >= 4 is 33.3 Å². The summed E-state index contributed by atoms with van der Waals surface area (Å²) in [4.78, 5) is 21.0. The lowest BCUT2D eigenvalue weighted by atomic mass is 10.2. The van der Waals surface area contributed by atoms with Crippen molar-refractivity contribution in [3.63, 3.8) is 0 Å². The van der Waals surface area contributed by atoms with E-state index in [2.05, 4.69) is 20.2 Å². The Bertz CT molecular complexity index is 1340. The van der Waals surface area contributed by atoms with Crippen LogP contribution in [0.2, 0.25) is 0 Å². The highest BCUT2D eigenvalue weighted by Crippen LogP contribution is 2.35. The predicted molar refractivity (Wildman–Crippen MR) is 116 cm³/mol. The van der Waals surface area contributed by atoms with E-state index in [1.807, 2.05) is 48.7 Å². The summed E-state index contributed by atoms with van der Waals surface area (Å²) in [5, 5.41) is 10.9. The predicted octanol–water partition coefficient (Wildman–Crippen LogP) is 5.07. The zero-order chi connectivity index (χ0) is 20.5. The lowest BCUT2D eigenvalue weighted by Gasteiger charge is -2.07. The van der Waals surface area contributed by atoms with Gasteiger partial charge in [0.1, 0.15) is 16.4 Å². The van der Waals surface area contributed by atoms with Gasteiger partial charge in [0.05, 0.1) is 23.3 Å². The Morgan fingerprint density at radius 3 is 2.83 bits per heavy atom. The summed E-state index contributed by atoms with van der Waals surface area (Å²) < 4.78 is 11.2. The third kappa shape index (κ3) is 3.69. The molecule has 0 fully saturated rings. The monoisotopic (exact) mass is 436 g/mol. The average Bonchev–Trinajstić information content (AvgIpc) is 3.49. The van der Waals surface area contributed by atoms with Crippen molar-refractivity contribution in [2.45, 2.75) is 23.8 Å². The molecule has 150 valence electrons. The second kappa shape index (κ2) is 7.92. The van der Waals surface area contributed by atoms with Crippen molar-refractivity contribution in [3.05, 3.63) is 81.7 Å². The minimum Gasteiger partial charge on any atom is -0.464 e. The van der Waals surface area contributed by atoms with Crippen LogP contribution in [0.4, 0.5) is 0 Å². The molecule has 9 heteroatoms. The molecule has 5 rings (SSSR count). The van der Waals surface area contributed by atoms with Crippen molar-refractivity contribution < 1.29 is 8.83 Å². The molecule has 1 atom stereocenters. The number of furan rings is 1. The highest BCUT2D eigenvalue weighted by Gasteiger charge is 2.19. The molecule has 0 radical (unpaired) electrons. The molecule has 4 aromatic heterocycles. The second-order valence-corrected chi connectivity index (χ2v) is 8.79. The summed E-state index contributed by atoms with van der Waals surface area (Å²) in [5.41, 5.74) is 1.67. The summed E-state index contributed by atoms with van der Waals surface area (Å²) in [6, 6.07) is 13.6. The Morgan fingerprint density at radius 2 is 2.03 bits per heavy atom. The number of nitrogens with one attached hydrogen (secondary N) is 1. The second-order valence-electron chi connectivity index (χ2n) is 6.64. The third-order valence-electron chi connectivity index (χ3n) is 4.56. The Hall–Kier alpha value is -3.17. The fraction of sp³-hybridized carbons (Fsp3) is 0.143. The molecule has 0 bridgehead atoms. The Balaban J connectivity index is 1.36. The highest BCUT2D eigenvalue weighted by atomic mass is 32.2. The maximum atomic E-state index is 12.7. The summed E-state index contributed by atoms with van der Waals surface area (Å²) in [5.74, 6) is 1.77. The van der Waals surface area contributed by atoms with E-state index in [1.54, 1.807) is 12.3 Å². The number of aromatic amines is 1. The molecule has 0 amide bonds. The van der Waals surface area contributed by atoms with Crippen LogP contribution in [-0.2, 0) is 6.42 Å². The van der Waals surface area contributed by atoms with Gasteiger partial charge in [-0.15, -0.1) is 21.5 Å². The molecule has 30 heavy (non-hydrogen) atoms. The SMILES string of the molecule is C[C@@H](Sc1nnc(Cc2ccccc2)o1)c1nc2scc(-c3ccco3)c2c(=O)[nH]1.